The molecule has 84 valence electrons. The zero-order chi connectivity index (χ0) is 11.5. The maximum atomic E-state index is 13.2. The summed E-state index contributed by atoms with van der Waals surface area (Å²) in [7, 11) is 0. The van der Waals surface area contributed by atoms with Crippen molar-refractivity contribution in [2.24, 2.45) is 5.73 Å². The Morgan fingerprint density at radius 3 is 2.94 bits per heavy atom. The van der Waals surface area contributed by atoms with Gasteiger partial charge in [0, 0.05) is 0 Å². The fourth-order valence-corrected chi connectivity index (χ4v) is 1.53. The second-order valence-corrected chi connectivity index (χ2v) is 3.86. The largest absolute Gasteiger partial charge is 0.322 e. The van der Waals surface area contributed by atoms with Crippen LogP contribution < -0.4 is 5.73 Å². The summed E-state index contributed by atoms with van der Waals surface area (Å²) < 4.78 is 13.2. The lowest BCUT2D eigenvalue weighted by Gasteiger charge is -2.08. The van der Waals surface area contributed by atoms with E-state index in [9.17, 15) is 4.39 Å². The standard InChI is InChI=1S/C10H10ClFN4/c11-7-2-1-6(3-8(7)12)4-9(13)10-5-14-16-15-10/h1-3,5,9H,4,13H2,(H,14,15,16). The highest BCUT2D eigenvalue weighted by molar-refractivity contribution is 6.30. The Kier molecular flexibility index (Phi) is 3.17. The highest BCUT2D eigenvalue weighted by Crippen LogP contribution is 2.19. The summed E-state index contributed by atoms with van der Waals surface area (Å²) in [6.45, 7) is 0. The van der Waals surface area contributed by atoms with Crippen LogP contribution in [0.4, 0.5) is 4.39 Å². The summed E-state index contributed by atoms with van der Waals surface area (Å²) in [5.41, 5.74) is 7.31. The van der Waals surface area contributed by atoms with E-state index in [1.54, 1.807) is 12.3 Å². The van der Waals surface area contributed by atoms with Crippen LogP contribution in [0.15, 0.2) is 24.4 Å². The molecule has 4 nitrogen and oxygen atoms in total. The van der Waals surface area contributed by atoms with Crippen LogP contribution in [0.5, 0.6) is 0 Å². The molecule has 1 atom stereocenters. The zero-order valence-electron chi connectivity index (χ0n) is 8.32. The number of nitrogens with one attached hydrogen (secondary N) is 1. The summed E-state index contributed by atoms with van der Waals surface area (Å²) in [5.74, 6) is -0.438. The first-order chi connectivity index (χ1) is 7.66. The quantitative estimate of drug-likeness (QED) is 0.860. The smallest absolute Gasteiger partial charge is 0.142 e. The molecule has 6 heteroatoms. The lowest BCUT2D eigenvalue weighted by atomic mass is 10.0. The Labute approximate surface area is 96.6 Å². The predicted molar refractivity (Wildman–Crippen MR) is 58.4 cm³/mol. The minimum atomic E-state index is -0.438. The van der Waals surface area contributed by atoms with Gasteiger partial charge in [-0.15, -0.1) is 0 Å². The first-order valence-corrected chi connectivity index (χ1v) is 5.10. The lowest BCUT2D eigenvalue weighted by Crippen LogP contribution is -2.13. The summed E-state index contributed by atoms with van der Waals surface area (Å²) in [6, 6.07) is 4.33. The number of aromatic amines is 1. The van der Waals surface area contributed by atoms with E-state index in [-0.39, 0.29) is 11.1 Å². The van der Waals surface area contributed by atoms with Crippen molar-refractivity contribution in [1.82, 2.24) is 15.4 Å². The number of benzene rings is 1. The van der Waals surface area contributed by atoms with Gasteiger partial charge in [-0.05, 0) is 24.1 Å². The second-order valence-electron chi connectivity index (χ2n) is 3.45. The number of hydrogen-bond donors (Lipinski definition) is 2. The highest BCUT2D eigenvalue weighted by atomic mass is 35.5. The Balaban J connectivity index is 2.12. The molecule has 0 bridgehead atoms. The normalized spacial score (nSPS) is 12.7. The molecule has 0 aliphatic carbocycles. The van der Waals surface area contributed by atoms with Gasteiger partial charge in [-0.1, -0.05) is 17.7 Å². The molecule has 1 heterocycles. The van der Waals surface area contributed by atoms with Gasteiger partial charge in [0.05, 0.1) is 23.0 Å². The Morgan fingerprint density at radius 1 is 1.50 bits per heavy atom. The SMILES string of the molecule is NC(Cc1ccc(Cl)c(F)c1)c1cn[nH]n1. The number of halogens is 2. The molecule has 0 spiro atoms. The van der Waals surface area contributed by atoms with Gasteiger partial charge in [-0.2, -0.15) is 15.4 Å². The molecular formula is C10H10ClFN4. The minimum Gasteiger partial charge on any atom is -0.322 e. The fourth-order valence-electron chi connectivity index (χ4n) is 1.41. The number of aromatic nitrogens is 3. The van der Waals surface area contributed by atoms with E-state index >= 15 is 0 Å². The number of rotatable bonds is 3. The van der Waals surface area contributed by atoms with Crippen LogP contribution in [-0.2, 0) is 6.42 Å². The van der Waals surface area contributed by atoms with E-state index in [1.165, 1.54) is 12.1 Å². The molecule has 0 amide bonds. The van der Waals surface area contributed by atoms with Crippen LogP contribution in [0.1, 0.15) is 17.3 Å². The van der Waals surface area contributed by atoms with Gasteiger partial charge in [0.25, 0.3) is 0 Å². The first-order valence-electron chi connectivity index (χ1n) is 4.72. The second kappa shape index (κ2) is 4.59. The first kappa shape index (κ1) is 11.0. The molecule has 0 aliphatic heterocycles. The molecule has 2 aromatic rings. The Hall–Kier alpha value is -1.46. The van der Waals surface area contributed by atoms with Crippen LogP contribution in [0, 0.1) is 5.82 Å². The Morgan fingerprint density at radius 2 is 2.31 bits per heavy atom. The maximum absolute atomic E-state index is 13.2. The highest BCUT2D eigenvalue weighted by Gasteiger charge is 2.10. The van der Waals surface area contributed by atoms with Crippen molar-refractivity contribution < 1.29 is 4.39 Å². The molecule has 2 rings (SSSR count). The van der Waals surface area contributed by atoms with Crippen molar-refractivity contribution >= 4 is 11.6 Å². The Bertz CT molecular complexity index is 472. The molecular weight excluding hydrogens is 231 g/mol. The van der Waals surface area contributed by atoms with Crippen molar-refractivity contribution in [2.45, 2.75) is 12.5 Å². The minimum absolute atomic E-state index is 0.110. The molecule has 0 aliphatic rings. The molecule has 16 heavy (non-hydrogen) atoms. The third-order valence-electron chi connectivity index (χ3n) is 2.25. The van der Waals surface area contributed by atoms with Gasteiger partial charge in [0.2, 0.25) is 0 Å². The van der Waals surface area contributed by atoms with Gasteiger partial charge >= 0.3 is 0 Å². The molecule has 3 N–H and O–H groups in total. The van der Waals surface area contributed by atoms with Crippen molar-refractivity contribution in [1.29, 1.82) is 0 Å². The van der Waals surface area contributed by atoms with E-state index in [1.807, 2.05) is 0 Å². The molecule has 1 aromatic heterocycles. The van der Waals surface area contributed by atoms with Crippen molar-refractivity contribution in [3.05, 3.63) is 46.5 Å². The summed E-state index contributed by atoms with van der Waals surface area (Å²) in [6.07, 6.45) is 2.04. The molecule has 0 saturated heterocycles. The van der Waals surface area contributed by atoms with Crippen LogP contribution in [-0.4, -0.2) is 15.4 Å². The van der Waals surface area contributed by atoms with Crippen molar-refractivity contribution in [2.75, 3.05) is 0 Å². The number of H-pyrrole nitrogens is 1. The molecule has 0 fully saturated rings. The molecule has 0 radical (unpaired) electrons. The maximum Gasteiger partial charge on any atom is 0.142 e. The number of hydrogen-bond acceptors (Lipinski definition) is 3. The topological polar surface area (TPSA) is 67.6 Å². The third-order valence-corrected chi connectivity index (χ3v) is 2.56. The summed E-state index contributed by atoms with van der Waals surface area (Å²) >= 11 is 5.58. The van der Waals surface area contributed by atoms with E-state index in [0.717, 1.165) is 5.56 Å². The van der Waals surface area contributed by atoms with Crippen molar-refractivity contribution in [3.8, 4) is 0 Å². The van der Waals surface area contributed by atoms with Gasteiger partial charge in [0.1, 0.15) is 5.82 Å². The average Bonchev–Trinajstić information content (AvgIpc) is 2.77. The van der Waals surface area contributed by atoms with Gasteiger partial charge in [-0.25, -0.2) is 4.39 Å². The summed E-state index contributed by atoms with van der Waals surface area (Å²) in [4.78, 5) is 0. The third kappa shape index (κ3) is 2.37. The van der Waals surface area contributed by atoms with Gasteiger partial charge in [0.15, 0.2) is 0 Å². The van der Waals surface area contributed by atoms with Crippen LogP contribution in [0.3, 0.4) is 0 Å². The van der Waals surface area contributed by atoms with Crippen LogP contribution in [0.25, 0.3) is 0 Å². The van der Waals surface area contributed by atoms with E-state index in [4.69, 9.17) is 17.3 Å². The number of nitrogens with two attached hydrogens (primary N) is 1. The molecule has 1 unspecified atom stereocenters. The van der Waals surface area contributed by atoms with Crippen molar-refractivity contribution in [3.63, 3.8) is 0 Å². The predicted octanol–water partition coefficient (Wildman–Crippen LogP) is 1.84. The van der Waals surface area contributed by atoms with E-state index in [2.05, 4.69) is 15.4 Å². The van der Waals surface area contributed by atoms with Gasteiger partial charge < -0.3 is 5.73 Å². The fraction of sp³-hybridized carbons (Fsp3) is 0.200. The summed E-state index contributed by atoms with van der Waals surface area (Å²) in [5, 5.41) is 10.1. The molecule has 1 aromatic carbocycles. The van der Waals surface area contributed by atoms with Gasteiger partial charge in [-0.3, -0.25) is 0 Å². The van der Waals surface area contributed by atoms with Crippen LogP contribution >= 0.6 is 11.6 Å². The number of nitrogens with zero attached hydrogens (tertiary/aromatic N) is 2. The zero-order valence-corrected chi connectivity index (χ0v) is 9.08. The average molecular weight is 241 g/mol. The lowest BCUT2D eigenvalue weighted by molar-refractivity contribution is 0.621. The molecule has 0 saturated carbocycles. The van der Waals surface area contributed by atoms with E-state index in [0.29, 0.717) is 12.1 Å². The monoisotopic (exact) mass is 240 g/mol. The van der Waals surface area contributed by atoms with Crippen LogP contribution in [0.2, 0.25) is 5.02 Å². The van der Waals surface area contributed by atoms with E-state index < -0.39 is 5.82 Å².